The quantitative estimate of drug-likeness (QED) is 0.206. The van der Waals surface area contributed by atoms with Gasteiger partial charge in [-0.2, -0.15) is 0 Å². The van der Waals surface area contributed by atoms with E-state index in [9.17, 15) is 0 Å². The Bertz CT molecular complexity index is 820. The molecular weight excluding hydrogens is 457 g/mol. The van der Waals surface area contributed by atoms with Crippen LogP contribution in [0.15, 0.2) is 58.9 Å². The summed E-state index contributed by atoms with van der Waals surface area (Å²) in [5.41, 5.74) is 1.01. The Balaban J connectivity index is 0.00000243. The zero-order chi connectivity index (χ0) is 17.3. The molecule has 0 aliphatic rings. The SMILES string of the molecule is CCNC(=NCc1cccs1)NCCNc1ccc2ccccc2n1.I. The van der Waals surface area contributed by atoms with Crippen LogP contribution in [0.1, 0.15) is 11.8 Å². The maximum atomic E-state index is 4.61. The molecular formula is C19H24IN5S. The van der Waals surface area contributed by atoms with Gasteiger partial charge in [0, 0.05) is 29.9 Å². The van der Waals surface area contributed by atoms with Gasteiger partial charge in [-0.3, -0.25) is 0 Å². The first-order valence-corrected chi connectivity index (χ1v) is 9.37. The zero-order valence-corrected chi connectivity index (χ0v) is 17.9. The number of rotatable bonds is 7. The fourth-order valence-corrected chi connectivity index (χ4v) is 3.07. The normalized spacial score (nSPS) is 11.0. The summed E-state index contributed by atoms with van der Waals surface area (Å²) in [6.45, 7) is 5.15. The lowest BCUT2D eigenvalue weighted by Gasteiger charge is -2.12. The molecule has 0 fully saturated rings. The highest BCUT2D eigenvalue weighted by Gasteiger charge is 1.99. The van der Waals surface area contributed by atoms with Gasteiger partial charge in [-0.15, -0.1) is 35.3 Å². The molecule has 0 atom stereocenters. The second-order valence-electron chi connectivity index (χ2n) is 5.52. The lowest BCUT2D eigenvalue weighted by Crippen LogP contribution is -2.39. The van der Waals surface area contributed by atoms with E-state index in [1.54, 1.807) is 11.3 Å². The van der Waals surface area contributed by atoms with Crippen molar-refractivity contribution in [1.82, 2.24) is 15.6 Å². The van der Waals surface area contributed by atoms with Crippen LogP contribution < -0.4 is 16.0 Å². The first-order valence-electron chi connectivity index (χ1n) is 8.49. The highest BCUT2D eigenvalue weighted by atomic mass is 127. The van der Waals surface area contributed by atoms with E-state index < -0.39 is 0 Å². The van der Waals surface area contributed by atoms with Crippen LogP contribution in [0.4, 0.5) is 5.82 Å². The predicted molar refractivity (Wildman–Crippen MR) is 123 cm³/mol. The number of benzene rings is 1. The third-order valence-electron chi connectivity index (χ3n) is 3.64. The van der Waals surface area contributed by atoms with Crippen LogP contribution in [0.5, 0.6) is 0 Å². The summed E-state index contributed by atoms with van der Waals surface area (Å²) in [6.07, 6.45) is 0. The fraction of sp³-hybridized carbons (Fsp3) is 0.263. The van der Waals surface area contributed by atoms with Gasteiger partial charge in [0.15, 0.2) is 5.96 Å². The number of thiophene rings is 1. The van der Waals surface area contributed by atoms with Crippen molar-refractivity contribution >= 4 is 58.0 Å². The number of hydrogen-bond donors (Lipinski definition) is 3. The van der Waals surface area contributed by atoms with E-state index in [0.29, 0.717) is 6.54 Å². The fourth-order valence-electron chi connectivity index (χ4n) is 2.44. The van der Waals surface area contributed by atoms with Crippen LogP contribution >= 0.6 is 35.3 Å². The molecule has 0 unspecified atom stereocenters. The average molecular weight is 481 g/mol. The molecule has 1 aromatic carbocycles. The summed E-state index contributed by atoms with van der Waals surface area (Å²) in [7, 11) is 0. The lowest BCUT2D eigenvalue weighted by molar-refractivity contribution is 0.820. The van der Waals surface area contributed by atoms with Crippen molar-refractivity contribution in [1.29, 1.82) is 0 Å². The molecule has 3 N–H and O–H groups in total. The molecule has 0 saturated carbocycles. The van der Waals surface area contributed by atoms with Gasteiger partial charge < -0.3 is 16.0 Å². The molecule has 0 amide bonds. The summed E-state index contributed by atoms with van der Waals surface area (Å²) in [5.74, 6) is 1.73. The highest BCUT2D eigenvalue weighted by Crippen LogP contribution is 2.14. The van der Waals surface area contributed by atoms with Gasteiger partial charge in [0.25, 0.3) is 0 Å². The van der Waals surface area contributed by atoms with Crippen molar-refractivity contribution in [2.24, 2.45) is 4.99 Å². The molecule has 3 rings (SSSR count). The summed E-state index contributed by atoms with van der Waals surface area (Å²) in [4.78, 5) is 10.5. The van der Waals surface area contributed by atoms with Gasteiger partial charge in [-0.25, -0.2) is 9.98 Å². The van der Waals surface area contributed by atoms with E-state index in [2.05, 4.69) is 62.5 Å². The van der Waals surface area contributed by atoms with Crippen LogP contribution in [0.3, 0.4) is 0 Å². The van der Waals surface area contributed by atoms with E-state index in [-0.39, 0.29) is 24.0 Å². The van der Waals surface area contributed by atoms with Crippen molar-refractivity contribution in [3.63, 3.8) is 0 Å². The molecule has 0 aliphatic carbocycles. The van der Waals surface area contributed by atoms with E-state index >= 15 is 0 Å². The Morgan fingerprint density at radius 3 is 2.73 bits per heavy atom. The summed E-state index contributed by atoms with van der Waals surface area (Å²) in [5, 5.41) is 13.2. The molecule has 0 radical (unpaired) electrons. The van der Waals surface area contributed by atoms with Crippen molar-refractivity contribution < 1.29 is 0 Å². The molecule has 0 spiro atoms. The molecule has 0 aliphatic heterocycles. The molecule has 7 heteroatoms. The Morgan fingerprint density at radius 1 is 1.04 bits per heavy atom. The van der Waals surface area contributed by atoms with Crippen LogP contribution in [-0.2, 0) is 6.54 Å². The Hall–Kier alpha value is -1.87. The topological polar surface area (TPSA) is 61.3 Å². The minimum atomic E-state index is 0. The number of halogens is 1. The number of para-hydroxylation sites is 1. The van der Waals surface area contributed by atoms with E-state index in [1.807, 2.05) is 24.3 Å². The second-order valence-corrected chi connectivity index (χ2v) is 6.55. The number of nitrogens with one attached hydrogen (secondary N) is 3. The molecule has 3 aromatic rings. The number of aromatic nitrogens is 1. The monoisotopic (exact) mass is 481 g/mol. The molecule has 2 aromatic heterocycles. The van der Waals surface area contributed by atoms with Crippen molar-refractivity contribution in [3.05, 3.63) is 58.8 Å². The Kier molecular flexibility index (Phi) is 8.63. The predicted octanol–water partition coefficient (Wildman–Crippen LogP) is 4.08. The second kappa shape index (κ2) is 11.0. The largest absolute Gasteiger partial charge is 0.368 e. The van der Waals surface area contributed by atoms with E-state index in [4.69, 9.17) is 0 Å². The van der Waals surface area contributed by atoms with E-state index in [1.165, 1.54) is 4.88 Å². The number of guanidine groups is 1. The van der Waals surface area contributed by atoms with Gasteiger partial charge in [0.05, 0.1) is 12.1 Å². The highest BCUT2D eigenvalue weighted by molar-refractivity contribution is 14.0. The molecule has 2 heterocycles. The van der Waals surface area contributed by atoms with Gasteiger partial charge in [-0.1, -0.05) is 24.3 Å². The standard InChI is InChI=1S/C19H23N5S.HI/c1-2-20-19(23-14-16-7-5-13-25-16)22-12-11-21-18-10-9-15-6-3-4-8-17(15)24-18;/h3-10,13H,2,11-12,14H2,1H3,(H,21,24)(H2,20,22,23);1H. The van der Waals surface area contributed by atoms with Crippen LogP contribution in [-0.4, -0.2) is 30.6 Å². The third-order valence-corrected chi connectivity index (χ3v) is 4.50. The lowest BCUT2D eigenvalue weighted by atomic mass is 10.2. The third kappa shape index (κ3) is 6.14. The molecule has 138 valence electrons. The average Bonchev–Trinajstić information content (AvgIpc) is 3.16. The van der Waals surface area contributed by atoms with Crippen molar-refractivity contribution in [2.75, 3.05) is 25.0 Å². The first-order chi connectivity index (χ1) is 12.3. The van der Waals surface area contributed by atoms with Crippen molar-refractivity contribution in [2.45, 2.75) is 13.5 Å². The van der Waals surface area contributed by atoms with Crippen LogP contribution in [0.2, 0.25) is 0 Å². The number of anilines is 1. The number of aliphatic imine (C=N–C) groups is 1. The molecule has 5 nitrogen and oxygen atoms in total. The Labute approximate surface area is 175 Å². The summed E-state index contributed by atoms with van der Waals surface area (Å²) in [6, 6.07) is 16.4. The molecule has 26 heavy (non-hydrogen) atoms. The smallest absolute Gasteiger partial charge is 0.191 e. The number of nitrogens with zero attached hydrogens (tertiary/aromatic N) is 2. The van der Waals surface area contributed by atoms with Crippen LogP contribution in [0, 0.1) is 0 Å². The minimum absolute atomic E-state index is 0. The minimum Gasteiger partial charge on any atom is -0.368 e. The number of pyridine rings is 1. The zero-order valence-electron chi connectivity index (χ0n) is 14.7. The first kappa shape index (κ1) is 20.4. The molecule has 0 saturated heterocycles. The van der Waals surface area contributed by atoms with Gasteiger partial charge in [-0.05, 0) is 36.6 Å². The van der Waals surface area contributed by atoms with Gasteiger partial charge >= 0.3 is 0 Å². The van der Waals surface area contributed by atoms with Gasteiger partial charge in [0.2, 0.25) is 0 Å². The van der Waals surface area contributed by atoms with Gasteiger partial charge in [0.1, 0.15) is 5.82 Å². The maximum Gasteiger partial charge on any atom is 0.191 e. The van der Waals surface area contributed by atoms with E-state index in [0.717, 1.165) is 42.3 Å². The van der Waals surface area contributed by atoms with Crippen LogP contribution in [0.25, 0.3) is 10.9 Å². The maximum absolute atomic E-state index is 4.61. The summed E-state index contributed by atoms with van der Waals surface area (Å²) >= 11 is 1.73. The summed E-state index contributed by atoms with van der Waals surface area (Å²) < 4.78 is 0. The molecule has 0 bridgehead atoms. The number of fused-ring (bicyclic) bond motifs is 1. The number of hydrogen-bond acceptors (Lipinski definition) is 4. The van der Waals surface area contributed by atoms with Crippen molar-refractivity contribution in [3.8, 4) is 0 Å². The Morgan fingerprint density at radius 2 is 1.92 bits per heavy atom.